The first-order chi connectivity index (χ1) is 13.0. The summed E-state index contributed by atoms with van der Waals surface area (Å²) >= 11 is 0. The zero-order valence-corrected chi connectivity index (χ0v) is 15.5. The molecule has 0 aromatic carbocycles. The summed E-state index contributed by atoms with van der Waals surface area (Å²) in [5.41, 5.74) is 5.80. The molecule has 1 saturated carbocycles. The van der Waals surface area contributed by atoms with E-state index in [2.05, 4.69) is 10.3 Å². The summed E-state index contributed by atoms with van der Waals surface area (Å²) in [6.45, 7) is 2.24. The van der Waals surface area contributed by atoms with E-state index in [1.54, 1.807) is 23.2 Å². The molecule has 2 aliphatic rings. The predicted octanol–water partition coefficient (Wildman–Crippen LogP) is 0.668. The van der Waals surface area contributed by atoms with Crippen molar-refractivity contribution in [1.82, 2.24) is 15.2 Å². The van der Waals surface area contributed by atoms with E-state index < -0.39 is 5.91 Å². The lowest BCUT2D eigenvalue weighted by atomic mass is 10.2. The number of nitrogens with two attached hydrogens (primary N) is 1. The average Bonchev–Trinajstić information content (AvgIpc) is 3.19. The van der Waals surface area contributed by atoms with Gasteiger partial charge in [-0.25, -0.2) is 4.98 Å². The molecule has 3 N–H and O–H groups in total. The van der Waals surface area contributed by atoms with E-state index in [1.165, 1.54) is 12.8 Å². The molecule has 1 aliphatic heterocycles. The Kier molecular flexibility index (Phi) is 6.26. The fraction of sp³-hybridized carbons (Fsp3) is 0.579. The van der Waals surface area contributed by atoms with Crippen LogP contribution in [0.1, 0.15) is 48.9 Å². The van der Waals surface area contributed by atoms with Gasteiger partial charge in [0.05, 0.1) is 5.56 Å². The largest absolute Gasteiger partial charge is 0.365 e. The van der Waals surface area contributed by atoms with E-state index in [0.717, 1.165) is 12.8 Å². The monoisotopic (exact) mass is 373 g/mol. The number of aromatic nitrogens is 1. The van der Waals surface area contributed by atoms with Gasteiger partial charge in [-0.05, 0) is 25.0 Å². The van der Waals surface area contributed by atoms with Crippen LogP contribution >= 0.6 is 0 Å². The van der Waals surface area contributed by atoms with E-state index in [0.29, 0.717) is 37.6 Å². The first-order valence-corrected chi connectivity index (χ1v) is 9.61. The molecule has 3 amide bonds. The molecule has 8 nitrogen and oxygen atoms in total. The van der Waals surface area contributed by atoms with Gasteiger partial charge in [-0.2, -0.15) is 0 Å². The highest BCUT2D eigenvalue weighted by Crippen LogP contribution is 2.19. The average molecular weight is 373 g/mol. The maximum absolute atomic E-state index is 12.4. The summed E-state index contributed by atoms with van der Waals surface area (Å²) in [6, 6.07) is 3.62. The number of pyridine rings is 1. The van der Waals surface area contributed by atoms with Crippen LogP contribution < -0.4 is 16.0 Å². The predicted molar refractivity (Wildman–Crippen MR) is 101 cm³/mol. The van der Waals surface area contributed by atoms with Gasteiger partial charge in [-0.3, -0.25) is 14.4 Å². The second-order valence-corrected chi connectivity index (χ2v) is 7.16. The molecule has 0 atom stereocenters. The number of nitrogens with one attached hydrogen (secondary N) is 1. The highest BCUT2D eigenvalue weighted by molar-refractivity contribution is 5.97. The van der Waals surface area contributed by atoms with Crippen molar-refractivity contribution in [3.63, 3.8) is 0 Å². The summed E-state index contributed by atoms with van der Waals surface area (Å²) in [5, 5.41) is 3.01. The molecule has 2 heterocycles. The Morgan fingerprint density at radius 3 is 2.48 bits per heavy atom. The van der Waals surface area contributed by atoms with Crippen LogP contribution in [0.3, 0.4) is 0 Å². The number of carbonyl (C=O) groups is 3. The second kappa shape index (κ2) is 8.83. The van der Waals surface area contributed by atoms with Crippen LogP contribution in [0, 0.1) is 0 Å². The lowest BCUT2D eigenvalue weighted by molar-refractivity contribution is -0.134. The Bertz CT molecular complexity index is 694. The fourth-order valence-corrected chi connectivity index (χ4v) is 3.76. The Hall–Kier alpha value is -2.64. The van der Waals surface area contributed by atoms with Gasteiger partial charge in [0.1, 0.15) is 5.82 Å². The van der Waals surface area contributed by atoms with E-state index in [-0.39, 0.29) is 30.7 Å². The third-order valence-corrected chi connectivity index (χ3v) is 5.27. The molecule has 0 spiro atoms. The summed E-state index contributed by atoms with van der Waals surface area (Å²) in [4.78, 5) is 44.0. The highest BCUT2D eigenvalue weighted by atomic mass is 16.2. The zero-order valence-electron chi connectivity index (χ0n) is 15.5. The number of primary amides is 1. The van der Waals surface area contributed by atoms with Crippen molar-refractivity contribution in [2.75, 3.05) is 31.1 Å². The molecule has 27 heavy (non-hydrogen) atoms. The van der Waals surface area contributed by atoms with Crippen LogP contribution in [0.2, 0.25) is 0 Å². The number of amides is 3. The molecule has 1 saturated heterocycles. The maximum Gasteiger partial charge on any atom is 0.252 e. The number of anilines is 1. The second-order valence-electron chi connectivity index (χ2n) is 7.16. The number of carbonyl (C=O) groups excluding carboxylic acids is 3. The Balaban J connectivity index is 1.45. The van der Waals surface area contributed by atoms with Crippen molar-refractivity contribution >= 4 is 23.5 Å². The molecular formula is C19H27N5O3. The third-order valence-electron chi connectivity index (χ3n) is 5.27. The number of rotatable bonds is 6. The van der Waals surface area contributed by atoms with Gasteiger partial charge in [0.2, 0.25) is 11.8 Å². The minimum atomic E-state index is -0.509. The minimum Gasteiger partial charge on any atom is -0.365 e. The van der Waals surface area contributed by atoms with Crippen LogP contribution in [0.15, 0.2) is 18.3 Å². The molecule has 2 fully saturated rings. The first kappa shape index (κ1) is 19.1. The lowest BCUT2D eigenvalue weighted by Gasteiger charge is -2.36. The maximum atomic E-state index is 12.4. The molecular weight excluding hydrogens is 346 g/mol. The molecule has 3 rings (SSSR count). The van der Waals surface area contributed by atoms with Gasteiger partial charge >= 0.3 is 0 Å². The number of hydrogen-bond acceptors (Lipinski definition) is 5. The Morgan fingerprint density at radius 2 is 1.81 bits per heavy atom. The summed E-state index contributed by atoms with van der Waals surface area (Å²) < 4.78 is 0. The standard InChI is InChI=1S/C19H27N5O3/c20-18(27)15-6-3-9-21-19(15)24-12-10-23(11-13-24)17(26)8-7-16(25)22-14-4-1-2-5-14/h3,6,9,14H,1-2,4-5,7-8,10-13H2,(H2,20,27)(H,22,25). The molecule has 1 aromatic heterocycles. The van der Waals surface area contributed by atoms with E-state index in [4.69, 9.17) is 5.73 Å². The van der Waals surface area contributed by atoms with Crippen LogP contribution in [-0.4, -0.2) is 59.8 Å². The van der Waals surface area contributed by atoms with Crippen molar-refractivity contribution in [3.05, 3.63) is 23.9 Å². The van der Waals surface area contributed by atoms with E-state index in [1.807, 2.05) is 4.90 Å². The SMILES string of the molecule is NC(=O)c1cccnc1N1CCN(C(=O)CCC(=O)NC2CCCC2)CC1. The smallest absolute Gasteiger partial charge is 0.252 e. The molecule has 146 valence electrons. The normalized spacial score (nSPS) is 17.8. The van der Waals surface area contributed by atoms with Gasteiger partial charge in [0, 0.05) is 51.3 Å². The van der Waals surface area contributed by atoms with Gasteiger partial charge in [0.15, 0.2) is 0 Å². The highest BCUT2D eigenvalue weighted by Gasteiger charge is 2.25. The van der Waals surface area contributed by atoms with Crippen molar-refractivity contribution in [2.45, 2.75) is 44.6 Å². The van der Waals surface area contributed by atoms with Gasteiger partial charge in [0.25, 0.3) is 5.91 Å². The van der Waals surface area contributed by atoms with Crippen LogP contribution in [-0.2, 0) is 9.59 Å². The Morgan fingerprint density at radius 1 is 1.11 bits per heavy atom. The molecule has 8 heteroatoms. The Labute approximate surface area is 159 Å². The van der Waals surface area contributed by atoms with Gasteiger partial charge in [-0.15, -0.1) is 0 Å². The van der Waals surface area contributed by atoms with Crippen molar-refractivity contribution in [2.24, 2.45) is 5.73 Å². The van der Waals surface area contributed by atoms with E-state index >= 15 is 0 Å². The van der Waals surface area contributed by atoms with Crippen LogP contribution in [0.25, 0.3) is 0 Å². The van der Waals surface area contributed by atoms with Crippen LogP contribution in [0.5, 0.6) is 0 Å². The number of nitrogens with zero attached hydrogens (tertiary/aromatic N) is 3. The lowest BCUT2D eigenvalue weighted by Crippen LogP contribution is -2.49. The molecule has 0 bridgehead atoms. The van der Waals surface area contributed by atoms with E-state index in [9.17, 15) is 14.4 Å². The summed E-state index contributed by atoms with van der Waals surface area (Å²) in [7, 11) is 0. The van der Waals surface area contributed by atoms with Gasteiger partial charge < -0.3 is 20.9 Å². The molecule has 1 aliphatic carbocycles. The molecule has 0 unspecified atom stereocenters. The summed E-state index contributed by atoms with van der Waals surface area (Å²) in [5.74, 6) is 0.0127. The van der Waals surface area contributed by atoms with Gasteiger partial charge in [-0.1, -0.05) is 12.8 Å². The topological polar surface area (TPSA) is 109 Å². The first-order valence-electron chi connectivity index (χ1n) is 9.61. The fourth-order valence-electron chi connectivity index (χ4n) is 3.76. The number of piperazine rings is 1. The van der Waals surface area contributed by atoms with Crippen LogP contribution in [0.4, 0.5) is 5.82 Å². The third kappa shape index (κ3) is 4.96. The van der Waals surface area contributed by atoms with Crippen molar-refractivity contribution in [1.29, 1.82) is 0 Å². The van der Waals surface area contributed by atoms with Crippen molar-refractivity contribution in [3.8, 4) is 0 Å². The quantitative estimate of drug-likeness (QED) is 0.762. The zero-order chi connectivity index (χ0) is 19.2. The molecule has 1 aromatic rings. The van der Waals surface area contributed by atoms with Crippen molar-refractivity contribution < 1.29 is 14.4 Å². The summed E-state index contributed by atoms with van der Waals surface area (Å²) in [6.07, 6.45) is 6.52. The number of hydrogen-bond donors (Lipinski definition) is 2. The minimum absolute atomic E-state index is 0.00707. The molecule has 0 radical (unpaired) electrons.